The number of hydrogen-bond donors (Lipinski definition) is 2. The lowest BCUT2D eigenvalue weighted by Gasteiger charge is -2.41. The van der Waals surface area contributed by atoms with Crippen LogP contribution in [0.4, 0.5) is 0 Å². The molecular weight excluding hydrogens is 325 g/mol. The number of morpholine rings is 1. The van der Waals surface area contributed by atoms with Gasteiger partial charge in [0.2, 0.25) is 5.91 Å². The zero-order valence-electron chi connectivity index (χ0n) is 13.9. The number of carbonyl (C=O) groups excluding carboxylic acids is 1. The van der Waals surface area contributed by atoms with Gasteiger partial charge in [0, 0.05) is 25.2 Å². The first-order valence-corrected chi connectivity index (χ1v) is 7.86. The molecule has 0 radical (unpaired) electrons. The average Bonchev–Trinajstić information content (AvgIpc) is 2.96. The van der Waals surface area contributed by atoms with Gasteiger partial charge in [0.15, 0.2) is 0 Å². The highest BCUT2D eigenvalue weighted by atomic mass is 35.5. The summed E-state index contributed by atoms with van der Waals surface area (Å²) < 4.78 is 5.40. The maximum absolute atomic E-state index is 12.5. The molecule has 0 aromatic heterocycles. The van der Waals surface area contributed by atoms with Crippen molar-refractivity contribution in [3.63, 3.8) is 0 Å². The van der Waals surface area contributed by atoms with E-state index >= 15 is 0 Å². The minimum absolute atomic E-state index is 0. The van der Waals surface area contributed by atoms with Crippen molar-refractivity contribution in [1.82, 2.24) is 15.5 Å². The van der Waals surface area contributed by atoms with Crippen LogP contribution in [-0.2, 0) is 9.53 Å². The Morgan fingerprint density at radius 1 is 1.32 bits per heavy atom. The summed E-state index contributed by atoms with van der Waals surface area (Å²) in [7, 11) is 0. The Labute approximate surface area is 146 Å². The second-order valence-corrected chi connectivity index (χ2v) is 6.56. The molecule has 2 rings (SSSR count). The molecule has 0 aromatic rings. The first kappa shape index (κ1) is 21.9. The molecule has 0 saturated carbocycles. The lowest BCUT2D eigenvalue weighted by Crippen LogP contribution is -2.59. The lowest BCUT2D eigenvalue weighted by atomic mass is 9.92. The zero-order chi connectivity index (χ0) is 14.6. The fourth-order valence-corrected chi connectivity index (χ4v) is 3.21. The van der Waals surface area contributed by atoms with Crippen LogP contribution in [0.1, 0.15) is 40.0 Å². The van der Waals surface area contributed by atoms with Crippen molar-refractivity contribution in [3.05, 3.63) is 0 Å². The molecule has 1 unspecified atom stereocenters. The molecule has 7 heteroatoms. The maximum Gasteiger partial charge on any atom is 0.240 e. The summed E-state index contributed by atoms with van der Waals surface area (Å²) >= 11 is 0. The van der Waals surface area contributed by atoms with Gasteiger partial charge in [-0.15, -0.1) is 24.8 Å². The Kier molecular flexibility index (Phi) is 9.25. The van der Waals surface area contributed by atoms with E-state index < -0.39 is 0 Å². The van der Waals surface area contributed by atoms with E-state index in [1.165, 1.54) is 0 Å². The third-order valence-electron chi connectivity index (χ3n) is 4.83. The number of nitrogens with one attached hydrogen (secondary N) is 2. The van der Waals surface area contributed by atoms with Crippen LogP contribution in [0, 0.1) is 0 Å². The number of nitrogens with zero attached hydrogens (tertiary/aromatic N) is 1. The van der Waals surface area contributed by atoms with E-state index in [4.69, 9.17) is 4.74 Å². The molecule has 0 bridgehead atoms. The molecule has 2 aliphatic rings. The van der Waals surface area contributed by atoms with Crippen LogP contribution < -0.4 is 10.6 Å². The average molecular weight is 356 g/mol. The second kappa shape index (κ2) is 9.28. The third-order valence-corrected chi connectivity index (χ3v) is 4.83. The number of amides is 1. The molecule has 5 nitrogen and oxygen atoms in total. The van der Waals surface area contributed by atoms with Crippen LogP contribution in [0.3, 0.4) is 0 Å². The minimum Gasteiger partial charge on any atom is -0.379 e. The Bertz CT molecular complexity index is 342. The molecule has 2 aliphatic heterocycles. The Balaban J connectivity index is 0.00000220. The predicted molar refractivity (Wildman–Crippen MR) is 94.2 cm³/mol. The summed E-state index contributed by atoms with van der Waals surface area (Å²) in [6.45, 7) is 11.6. The van der Waals surface area contributed by atoms with Gasteiger partial charge in [-0.2, -0.15) is 0 Å². The lowest BCUT2D eigenvalue weighted by molar-refractivity contribution is -0.128. The van der Waals surface area contributed by atoms with Crippen molar-refractivity contribution < 1.29 is 9.53 Å². The molecule has 0 aromatic carbocycles. The fourth-order valence-electron chi connectivity index (χ4n) is 3.21. The Hall–Kier alpha value is -0.0700. The third kappa shape index (κ3) is 4.96. The Morgan fingerprint density at radius 3 is 2.45 bits per heavy atom. The van der Waals surface area contributed by atoms with Crippen LogP contribution in [0.15, 0.2) is 0 Å². The van der Waals surface area contributed by atoms with Gasteiger partial charge < -0.3 is 15.4 Å². The summed E-state index contributed by atoms with van der Waals surface area (Å²) in [4.78, 5) is 14.9. The molecule has 0 aliphatic carbocycles. The van der Waals surface area contributed by atoms with E-state index in [1.54, 1.807) is 0 Å². The van der Waals surface area contributed by atoms with Gasteiger partial charge in [0.05, 0.1) is 18.8 Å². The monoisotopic (exact) mass is 355 g/mol. The summed E-state index contributed by atoms with van der Waals surface area (Å²) in [5.74, 6) is 0.166. The zero-order valence-corrected chi connectivity index (χ0v) is 15.6. The summed E-state index contributed by atoms with van der Waals surface area (Å²) in [6, 6.07) is 0. The Morgan fingerprint density at radius 2 is 1.95 bits per heavy atom. The highest BCUT2D eigenvalue weighted by Gasteiger charge is 2.40. The smallest absolute Gasteiger partial charge is 0.240 e. The molecule has 2 saturated heterocycles. The van der Waals surface area contributed by atoms with Crippen LogP contribution in [0.25, 0.3) is 0 Å². The van der Waals surface area contributed by atoms with Gasteiger partial charge in [-0.1, -0.05) is 6.92 Å². The highest BCUT2D eigenvalue weighted by molar-refractivity contribution is 5.86. The van der Waals surface area contributed by atoms with Crippen LogP contribution in [0.2, 0.25) is 0 Å². The normalized spacial score (nSPS) is 26.0. The molecular formula is C15H31Cl2N3O2. The van der Waals surface area contributed by atoms with Crippen molar-refractivity contribution in [2.45, 2.75) is 51.1 Å². The van der Waals surface area contributed by atoms with E-state index in [0.29, 0.717) is 6.54 Å². The first-order valence-electron chi connectivity index (χ1n) is 7.86. The minimum atomic E-state index is -0.332. The van der Waals surface area contributed by atoms with Crippen molar-refractivity contribution >= 4 is 30.7 Å². The van der Waals surface area contributed by atoms with Crippen molar-refractivity contribution in [1.29, 1.82) is 0 Å². The SMILES string of the molecule is CCC1(C(=O)NCC(C)(C)N2CCOCC2)CCCN1.Cl.Cl. The van der Waals surface area contributed by atoms with Gasteiger partial charge in [-0.25, -0.2) is 0 Å². The van der Waals surface area contributed by atoms with Crippen molar-refractivity contribution in [2.24, 2.45) is 0 Å². The van der Waals surface area contributed by atoms with E-state index in [2.05, 4.69) is 36.3 Å². The van der Waals surface area contributed by atoms with Crippen LogP contribution in [0.5, 0.6) is 0 Å². The standard InChI is InChI=1S/C15H29N3O2.2ClH/c1-4-15(6-5-7-17-15)13(19)16-12-14(2,3)18-8-10-20-11-9-18;;/h17H,4-12H2,1-3H3,(H,16,19);2*1H. The number of hydrogen-bond acceptors (Lipinski definition) is 4. The number of halogens is 2. The quantitative estimate of drug-likeness (QED) is 0.786. The molecule has 2 heterocycles. The maximum atomic E-state index is 12.5. The molecule has 2 fully saturated rings. The summed E-state index contributed by atoms with van der Waals surface area (Å²) in [5.41, 5.74) is -0.353. The molecule has 1 atom stereocenters. The topological polar surface area (TPSA) is 53.6 Å². The number of rotatable bonds is 5. The number of ether oxygens (including phenoxy) is 1. The van der Waals surface area contributed by atoms with E-state index in [1.807, 2.05) is 0 Å². The molecule has 132 valence electrons. The molecule has 2 N–H and O–H groups in total. The predicted octanol–water partition coefficient (Wildman–Crippen LogP) is 1.59. The highest BCUT2D eigenvalue weighted by Crippen LogP contribution is 2.23. The fraction of sp³-hybridized carbons (Fsp3) is 0.933. The van der Waals surface area contributed by atoms with Gasteiger partial charge in [0.1, 0.15) is 0 Å². The van der Waals surface area contributed by atoms with Crippen molar-refractivity contribution in [3.8, 4) is 0 Å². The van der Waals surface area contributed by atoms with Gasteiger partial charge >= 0.3 is 0 Å². The largest absolute Gasteiger partial charge is 0.379 e. The van der Waals surface area contributed by atoms with Gasteiger partial charge in [-0.05, 0) is 39.7 Å². The van der Waals surface area contributed by atoms with Crippen LogP contribution >= 0.6 is 24.8 Å². The molecule has 1 amide bonds. The summed E-state index contributed by atoms with van der Waals surface area (Å²) in [6.07, 6.45) is 2.90. The van der Waals surface area contributed by atoms with E-state index in [-0.39, 0.29) is 41.8 Å². The van der Waals surface area contributed by atoms with E-state index in [0.717, 1.165) is 52.1 Å². The number of carbonyl (C=O) groups is 1. The first-order chi connectivity index (χ1) is 9.50. The second-order valence-electron chi connectivity index (χ2n) is 6.56. The summed E-state index contributed by atoms with van der Waals surface area (Å²) in [5, 5.41) is 6.56. The van der Waals surface area contributed by atoms with Crippen molar-refractivity contribution in [2.75, 3.05) is 39.4 Å². The van der Waals surface area contributed by atoms with Gasteiger partial charge in [0.25, 0.3) is 0 Å². The van der Waals surface area contributed by atoms with Gasteiger partial charge in [-0.3, -0.25) is 9.69 Å². The van der Waals surface area contributed by atoms with Crippen LogP contribution in [-0.4, -0.2) is 61.3 Å². The van der Waals surface area contributed by atoms with E-state index in [9.17, 15) is 4.79 Å². The molecule has 22 heavy (non-hydrogen) atoms. The molecule has 0 spiro atoms.